The molecule has 0 radical (unpaired) electrons. The molecule has 200 valence electrons. The number of nitrogen functional groups attached to an aromatic ring is 1. The van der Waals surface area contributed by atoms with Crippen LogP contribution in [-0.2, 0) is 4.79 Å². The first-order valence-electron chi connectivity index (χ1n) is 11.9. The largest absolute Gasteiger partial charge is 0.493 e. The maximum absolute atomic E-state index is 14.1. The van der Waals surface area contributed by atoms with Crippen LogP contribution in [0.3, 0.4) is 0 Å². The van der Waals surface area contributed by atoms with E-state index in [4.69, 9.17) is 20.9 Å². The van der Waals surface area contributed by atoms with Crippen LogP contribution < -0.4 is 31.2 Å². The molecular weight excluding hydrogens is 513 g/mol. The number of anilines is 2. The fourth-order valence-electron chi connectivity index (χ4n) is 4.51. The number of nitrogens with zero attached hydrogens (tertiary/aromatic N) is 2. The number of rotatable bonds is 9. The molecule has 0 spiro atoms. The van der Waals surface area contributed by atoms with Gasteiger partial charge < -0.3 is 26.3 Å². The number of aromatic nitrogens is 1. The van der Waals surface area contributed by atoms with Crippen molar-refractivity contribution in [3.05, 3.63) is 64.4 Å². The first kappa shape index (κ1) is 26.9. The zero-order chi connectivity index (χ0) is 27.4. The quantitative estimate of drug-likeness (QED) is 0.376. The molecule has 38 heavy (non-hydrogen) atoms. The van der Waals surface area contributed by atoms with E-state index in [9.17, 15) is 18.8 Å². The van der Waals surface area contributed by atoms with Crippen LogP contribution in [0.5, 0.6) is 11.5 Å². The number of methoxy groups -OCH3 is 2. The van der Waals surface area contributed by atoms with Crippen molar-refractivity contribution < 1.29 is 28.2 Å². The average molecular weight is 542 g/mol. The van der Waals surface area contributed by atoms with Gasteiger partial charge in [0.1, 0.15) is 16.7 Å². The van der Waals surface area contributed by atoms with Crippen molar-refractivity contribution in [3.63, 3.8) is 0 Å². The number of primary amides is 1. The molecule has 0 bridgehead atoms. The third-order valence-corrected chi connectivity index (χ3v) is 7.26. The summed E-state index contributed by atoms with van der Waals surface area (Å²) in [6.07, 6.45) is 3.61. The fraction of sp³-hybridized carbons (Fsp3) is 0.308. The third-order valence-electron chi connectivity index (χ3n) is 6.41. The van der Waals surface area contributed by atoms with Crippen molar-refractivity contribution in [2.24, 2.45) is 5.73 Å². The predicted molar refractivity (Wildman–Crippen MR) is 141 cm³/mol. The summed E-state index contributed by atoms with van der Waals surface area (Å²) in [6.45, 7) is 0. The second-order valence-electron chi connectivity index (χ2n) is 8.80. The lowest BCUT2D eigenvalue weighted by atomic mass is 10.0. The van der Waals surface area contributed by atoms with Crippen molar-refractivity contribution in [2.75, 3.05) is 24.9 Å². The van der Waals surface area contributed by atoms with Crippen LogP contribution in [0.1, 0.15) is 57.4 Å². The summed E-state index contributed by atoms with van der Waals surface area (Å²) < 4.78 is 28.6. The van der Waals surface area contributed by atoms with Crippen molar-refractivity contribution in [2.45, 2.75) is 37.8 Å². The molecule has 1 fully saturated rings. The van der Waals surface area contributed by atoms with Gasteiger partial charge in [-0.05, 0) is 66.3 Å². The molecule has 3 aromatic rings. The first-order chi connectivity index (χ1) is 18.2. The SMILES string of the molecule is COc1ccc([C@H](C(=O)NC2CCCC2)N(C(=O)c2snc(C(N)=O)c2N)c2ccc(F)cc2)cc1OC. The van der Waals surface area contributed by atoms with Gasteiger partial charge in [-0.1, -0.05) is 18.9 Å². The Morgan fingerprint density at radius 2 is 1.74 bits per heavy atom. The Labute approximate surface area is 222 Å². The topological polar surface area (TPSA) is 150 Å². The van der Waals surface area contributed by atoms with Gasteiger partial charge in [-0.15, -0.1) is 0 Å². The fourth-order valence-corrected chi connectivity index (χ4v) is 5.26. The molecule has 1 atom stereocenters. The minimum Gasteiger partial charge on any atom is -0.493 e. The molecule has 10 nitrogen and oxygen atoms in total. The highest BCUT2D eigenvalue weighted by Crippen LogP contribution is 2.37. The lowest BCUT2D eigenvalue weighted by molar-refractivity contribution is -0.123. The number of carbonyl (C=O) groups excluding carboxylic acids is 3. The maximum Gasteiger partial charge on any atom is 0.273 e. The van der Waals surface area contributed by atoms with Crippen LogP contribution in [0.4, 0.5) is 15.8 Å². The molecule has 1 heterocycles. The van der Waals surface area contributed by atoms with Gasteiger partial charge in [-0.25, -0.2) is 4.39 Å². The zero-order valence-corrected chi connectivity index (χ0v) is 21.7. The molecule has 3 amide bonds. The summed E-state index contributed by atoms with van der Waals surface area (Å²) in [5.41, 5.74) is 11.6. The maximum atomic E-state index is 14.1. The normalized spacial score (nSPS) is 14.1. The number of hydrogen-bond donors (Lipinski definition) is 3. The second kappa shape index (κ2) is 11.5. The summed E-state index contributed by atoms with van der Waals surface area (Å²) in [6, 6.07) is 8.75. The van der Waals surface area contributed by atoms with E-state index in [1.807, 2.05) is 0 Å². The zero-order valence-electron chi connectivity index (χ0n) is 20.9. The molecule has 1 aromatic heterocycles. The Kier molecular flexibility index (Phi) is 8.10. The van der Waals surface area contributed by atoms with E-state index < -0.39 is 29.6 Å². The number of hydrogen-bond acceptors (Lipinski definition) is 8. The molecule has 4 rings (SSSR count). The Morgan fingerprint density at radius 1 is 1.08 bits per heavy atom. The number of halogens is 1. The smallest absolute Gasteiger partial charge is 0.273 e. The molecule has 0 aliphatic heterocycles. The standard InChI is InChI=1S/C26H28FN5O5S/c1-36-18-12-7-14(13-19(18)37-2)22(25(34)30-16-5-3-4-6-16)32(17-10-8-15(27)9-11-17)26(35)23-20(28)21(24(29)33)31-38-23/h7-13,16,22H,3-6,28H2,1-2H3,(H2,29,33)(H,30,34)/t22-/m1/s1. The van der Waals surface area contributed by atoms with Crippen molar-refractivity contribution in [1.29, 1.82) is 0 Å². The molecule has 1 saturated carbocycles. The van der Waals surface area contributed by atoms with Crippen LogP contribution in [0.2, 0.25) is 0 Å². The van der Waals surface area contributed by atoms with Crippen LogP contribution in [0.15, 0.2) is 42.5 Å². The molecule has 2 aromatic carbocycles. The number of amides is 3. The molecule has 1 aliphatic rings. The van der Waals surface area contributed by atoms with Crippen LogP contribution in [0, 0.1) is 5.82 Å². The van der Waals surface area contributed by atoms with Gasteiger partial charge in [0, 0.05) is 11.7 Å². The lowest BCUT2D eigenvalue weighted by Gasteiger charge is -2.32. The number of carbonyl (C=O) groups is 3. The van der Waals surface area contributed by atoms with Gasteiger partial charge in [0.2, 0.25) is 5.91 Å². The van der Waals surface area contributed by atoms with Crippen molar-refractivity contribution in [3.8, 4) is 11.5 Å². The van der Waals surface area contributed by atoms with E-state index >= 15 is 0 Å². The first-order valence-corrected chi connectivity index (χ1v) is 12.7. The van der Waals surface area contributed by atoms with E-state index in [2.05, 4.69) is 9.69 Å². The van der Waals surface area contributed by atoms with E-state index in [-0.39, 0.29) is 28.0 Å². The van der Waals surface area contributed by atoms with Gasteiger partial charge in [0.15, 0.2) is 17.2 Å². The number of nitrogens with one attached hydrogen (secondary N) is 1. The summed E-state index contributed by atoms with van der Waals surface area (Å²) in [5, 5.41) is 3.05. The Morgan fingerprint density at radius 3 is 2.32 bits per heavy atom. The second-order valence-corrected chi connectivity index (χ2v) is 9.57. The number of ether oxygens (including phenoxy) is 2. The lowest BCUT2D eigenvalue weighted by Crippen LogP contribution is -2.46. The Balaban J connectivity index is 1.89. The highest BCUT2D eigenvalue weighted by atomic mass is 32.1. The summed E-state index contributed by atoms with van der Waals surface area (Å²) in [7, 11) is 2.94. The minimum atomic E-state index is -1.22. The molecule has 0 saturated heterocycles. The molecular formula is C26H28FN5O5S. The summed E-state index contributed by atoms with van der Waals surface area (Å²) in [5.74, 6) is -1.78. The van der Waals surface area contributed by atoms with Gasteiger partial charge in [-0.3, -0.25) is 19.3 Å². The van der Waals surface area contributed by atoms with Crippen molar-refractivity contribution in [1.82, 2.24) is 9.69 Å². The number of nitrogens with two attached hydrogens (primary N) is 2. The van der Waals surface area contributed by atoms with Gasteiger partial charge in [-0.2, -0.15) is 4.37 Å². The van der Waals surface area contributed by atoms with Gasteiger partial charge in [0.05, 0.1) is 19.9 Å². The molecule has 5 N–H and O–H groups in total. The van der Waals surface area contributed by atoms with Gasteiger partial charge in [0.25, 0.3) is 11.8 Å². The molecule has 0 unspecified atom stereocenters. The van der Waals surface area contributed by atoms with Crippen LogP contribution >= 0.6 is 11.5 Å². The van der Waals surface area contributed by atoms with E-state index in [0.717, 1.165) is 25.7 Å². The summed E-state index contributed by atoms with van der Waals surface area (Å²) in [4.78, 5) is 40.8. The average Bonchev–Trinajstić information content (AvgIpc) is 3.56. The Bertz CT molecular complexity index is 1340. The number of benzene rings is 2. The molecule has 12 heteroatoms. The van der Waals surface area contributed by atoms with Crippen molar-refractivity contribution >= 4 is 40.6 Å². The van der Waals surface area contributed by atoms with Gasteiger partial charge >= 0.3 is 0 Å². The summed E-state index contributed by atoms with van der Waals surface area (Å²) >= 11 is 0.692. The third kappa shape index (κ3) is 5.40. The van der Waals surface area contributed by atoms with E-state index in [1.54, 1.807) is 18.2 Å². The van der Waals surface area contributed by atoms with E-state index in [0.29, 0.717) is 28.6 Å². The highest BCUT2D eigenvalue weighted by molar-refractivity contribution is 7.09. The predicted octanol–water partition coefficient (Wildman–Crippen LogP) is 3.43. The van der Waals surface area contributed by atoms with E-state index in [1.165, 1.54) is 43.4 Å². The molecule has 1 aliphatic carbocycles. The van der Waals surface area contributed by atoms with Crippen LogP contribution in [-0.4, -0.2) is 42.4 Å². The monoisotopic (exact) mass is 541 g/mol. The van der Waals surface area contributed by atoms with Crippen LogP contribution in [0.25, 0.3) is 0 Å². The Hall–Kier alpha value is -4.19. The minimum absolute atomic E-state index is 0.0507. The highest BCUT2D eigenvalue weighted by Gasteiger charge is 2.37.